The van der Waals surface area contributed by atoms with Gasteiger partial charge in [-0.15, -0.1) is 0 Å². The maximum absolute atomic E-state index is 10.1. The predicted octanol–water partition coefficient (Wildman–Crippen LogP) is 9.55. The van der Waals surface area contributed by atoms with Crippen LogP contribution in [0, 0.1) is 22.7 Å². The number of hydrogen-bond donors (Lipinski definition) is 0. The van der Waals surface area contributed by atoms with Crippen molar-refractivity contribution in [2.75, 3.05) is 0 Å². The van der Waals surface area contributed by atoms with Gasteiger partial charge in [0.05, 0.1) is 33.6 Å². The lowest BCUT2D eigenvalue weighted by Gasteiger charge is -2.34. The Kier molecular flexibility index (Phi) is 5.78. The van der Waals surface area contributed by atoms with Crippen molar-refractivity contribution in [2.45, 2.75) is 5.41 Å². The fourth-order valence-corrected chi connectivity index (χ4v) is 7.50. The van der Waals surface area contributed by atoms with Gasteiger partial charge in [-0.1, -0.05) is 97.1 Å². The first-order chi connectivity index (χ1) is 23.2. The van der Waals surface area contributed by atoms with E-state index in [-0.39, 0.29) is 0 Å². The van der Waals surface area contributed by atoms with Crippen molar-refractivity contribution in [1.82, 2.24) is 9.55 Å². The molecule has 47 heavy (non-hydrogen) atoms. The zero-order valence-electron chi connectivity index (χ0n) is 25.1. The average molecular weight is 601 g/mol. The van der Waals surface area contributed by atoms with Gasteiger partial charge in [-0.3, -0.25) is 4.57 Å². The molecule has 5 heteroatoms. The third-order valence-electron chi connectivity index (χ3n) is 9.44. The Morgan fingerprint density at radius 3 is 2.15 bits per heavy atom. The summed E-state index contributed by atoms with van der Waals surface area (Å²) in [7, 11) is 0. The van der Waals surface area contributed by atoms with E-state index in [0.717, 1.165) is 66.9 Å². The van der Waals surface area contributed by atoms with E-state index in [2.05, 4.69) is 89.5 Å². The summed E-state index contributed by atoms with van der Waals surface area (Å²) in [6.07, 6.45) is 1.53. The van der Waals surface area contributed by atoms with Crippen molar-refractivity contribution in [1.29, 1.82) is 10.5 Å². The molecule has 0 aliphatic heterocycles. The van der Waals surface area contributed by atoms with Crippen LogP contribution in [-0.2, 0) is 5.41 Å². The van der Waals surface area contributed by atoms with Gasteiger partial charge in [-0.25, -0.2) is 4.98 Å². The Labute approximate surface area is 270 Å². The van der Waals surface area contributed by atoms with E-state index in [4.69, 9.17) is 9.40 Å². The van der Waals surface area contributed by atoms with Crippen molar-refractivity contribution < 1.29 is 4.42 Å². The molecule has 218 valence electrons. The molecule has 5 nitrogen and oxygen atoms in total. The monoisotopic (exact) mass is 600 g/mol. The largest absolute Gasteiger partial charge is 0.463 e. The van der Waals surface area contributed by atoms with Gasteiger partial charge >= 0.3 is 0 Å². The highest BCUT2D eigenvalue weighted by atomic mass is 16.3. The van der Waals surface area contributed by atoms with Crippen LogP contribution >= 0.6 is 0 Å². The molecule has 0 saturated heterocycles. The van der Waals surface area contributed by atoms with E-state index >= 15 is 0 Å². The summed E-state index contributed by atoms with van der Waals surface area (Å²) in [6.45, 7) is 0. The van der Waals surface area contributed by atoms with Crippen LogP contribution in [0.25, 0.3) is 50.2 Å². The predicted molar refractivity (Wildman–Crippen MR) is 183 cm³/mol. The molecule has 0 spiro atoms. The van der Waals surface area contributed by atoms with Crippen LogP contribution in [-0.4, -0.2) is 9.55 Å². The molecule has 8 aromatic rings. The van der Waals surface area contributed by atoms with Gasteiger partial charge in [0.2, 0.25) is 0 Å². The lowest BCUT2D eigenvalue weighted by molar-refractivity contribution is 0.614. The van der Waals surface area contributed by atoms with Crippen LogP contribution in [0.2, 0.25) is 0 Å². The summed E-state index contributed by atoms with van der Waals surface area (Å²) < 4.78 is 8.06. The fourth-order valence-electron chi connectivity index (χ4n) is 7.50. The van der Waals surface area contributed by atoms with Crippen molar-refractivity contribution in [3.8, 4) is 40.3 Å². The summed E-state index contributed by atoms with van der Waals surface area (Å²) >= 11 is 0. The minimum Gasteiger partial charge on any atom is -0.463 e. The number of nitriles is 2. The molecule has 0 saturated carbocycles. The summed E-state index contributed by atoms with van der Waals surface area (Å²) in [5.41, 5.74) is 11.1. The number of furan rings is 1. The molecule has 0 amide bonds. The van der Waals surface area contributed by atoms with E-state index in [9.17, 15) is 10.5 Å². The number of nitrogens with zero attached hydrogens (tertiary/aromatic N) is 4. The zero-order chi connectivity index (χ0) is 31.5. The summed E-state index contributed by atoms with van der Waals surface area (Å²) in [5, 5.41) is 20.9. The number of para-hydroxylation sites is 3. The first-order valence-corrected chi connectivity index (χ1v) is 15.4. The third kappa shape index (κ3) is 3.72. The van der Waals surface area contributed by atoms with Gasteiger partial charge in [0.1, 0.15) is 23.7 Å². The van der Waals surface area contributed by atoms with E-state index < -0.39 is 5.41 Å². The van der Waals surface area contributed by atoms with Gasteiger partial charge in [0.25, 0.3) is 0 Å². The summed E-state index contributed by atoms with van der Waals surface area (Å²) in [6, 6.07) is 52.2. The topological polar surface area (TPSA) is 78.5 Å². The van der Waals surface area contributed by atoms with E-state index in [1.165, 1.54) is 6.26 Å². The molecule has 9 rings (SSSR count). The van der Waals surface area contributed by atoms with Crippen molar-refractivity contribution in [3.63, 3.8) is 0 Å². The summed E-state index contributed by atoms with van der Waals surface area (Å²) in [4.78, 5) is 5.09. The van der Waals surface area contributed by atoms with Crippen LogP contribution in [0.4, 0.5) is 0 Å². The standard InChI is InChI=1S/C42H24N4O/c43-24-27-15-20-33-35(23-27)42(30-9-3-1-4-10-30,34-21-22-38-39(40(33)34)29(25-44)26-47-38)31-18-16-28(17-19-31)41-45-36-13-7-8-14-37(36)46(41)32-11-5-2-6-12-32/h1-23,26H. The second-order valence-corrected chi connectivity index (χ2v) is 11.8. The third-order valence-corrected chi connectivity index (χ3v) is 9.44. The van der Waals surface area contributed by atoms with Crippen molar-refractivity contribution in [3.05, 3.63) is 179 Å². The van der Waals surface area contributed by atoms with E-state index in [1.54, 1.807) is 0 Å². The van der Waals surface area contributed by atoms with Gasteiger partial charge in [-0.2, -0.15) is 10.5 Å². The van der Waals surface area contributed by atoms with Crippen LogP contribution < -0.4 is 0 Å². The molecule has 1 atom stereocenters. The molecule has 1 aliphatic carbocycles. The minimum atomic E-state index is -0.755. The zero-order valence-corrected chi connectivity index (χ0v) is 25.1. The van der Waals surface area contributed by atoms with Crippen LogP contribution in [0.1, 0.15) is 33.4 Å². The molecule has 0 radical (unpaired) electrons. The number of aromatic nitrogens is 2. The van der Waals surface area contributed by atoms with Crippen molar-refractivity contribution >= 4 is 22.0 Å². The Balaban J connectivity index is 1.33. The number of imidazole rings is 1. The Morgan fingerprint density at radius 2 is 1.38 bits per heavy atom. The second kappa shape index (κ2) is 10.2. The molecule has 0 fully saturated rings. The second-order valence-electron chi connectivity index (χ2n) is 11.8. The lowest BCUT2D eigenvalue weighted by Crippen LogP contribution is -2.28. The first kappa shape index (κ1) is 26.7. The molecule has 6 aromatic carbocycles. The normalized spacial score (nSPS) is 14.9. The highest BCUT2D eigenvalue weighted by Crippen LogP contribution is 2.58. The molecular weight excluding hydrogens is 576 g/mol. The van der Waals surface area contributed by atoms with Crippen LogP contribution in [0.5, 0.6) is 0 Å². The van der Waals surface area contributed by atoms with Gasteiger partial charge in [0.15, 0.2) is 0 Å². The van der Waals surface area contributed by atoms with Gasteiger partial charge < -0.3 is 4.42 Å². The molecule has 0 N–H and O–H groups in total. The number of fused-ring (bicyclic) bond motifs is 6. The molecular formula is C42H24N4O. The molecule has 2 heterocycles. The smallest absolute Gasteiger partial charge is 0.145 e. The highest BCUT2D eigenvalue weighted by molar-refractivity contribution is 6.05. The maximum Gasteiger partial charge on any atom is 0.145 e. The SMILES string of the molecule is N#Cc1ccc2c(c1)C(c1ccccc1)(c1ccc(-c3nc4ccccc4n3-c3ccccc3)cc1)c1ccc3occ(C#N)c3c1-2. The first-order valence-electron chi connectivity index (χ1n) is 15.4. The number of rotatable bonds is 4. The Hall–Kier alpha value is -6.69. The average Bonchev–Trinajstić information content (AvgIpc) is 3.82. The van der Waals surface area contributed by atoms with Crippen LogP contribution in [0.15, 0.2) is 150 Å². The van der Waals surface area contributed by atoms with Crippen LogP contribution in [0.3, 0.4) is 0 Å². The molecule has 1 aliphatic rings. The Bertz CT molecular complexity index is 2580. The number of benzene rings is 6. The fraction of sp³-hybridized carbons (Fsp3) is 0.0238. The summed E-state index contributed by atoms with van der Waals surface area (Å²) in [5.74, 6) is 0.857. The minimum absolute atomic E-state index is 0.492. The van der Waals surface area contributed by atoms with Crippen molar-refractivity contribution in [2.24, 2.45) is 0 Å². The van der Waals surface area contributed by atoms with Gasteiger partial charge in [-0.05, 0) is 75.8 Å². The Morgan fingerprint density at radius 1 is 0.660 bits per heavy atom. The molecule has 1 unspecified atom stereocenters. The molecule has 0 bridgehead atoms. The molecule has 2 aromatic heterocycles. The van der Waals surface area contributed by atoms with Gasteiger partial charge in [0, 0.05) is 16.6 Å². The number of hydrogen-bond acceptors (Lipinski definition) is 4. The quantitative estimate of drug-likeness (QED) is 0.202. The van der Waals surface area contributed by atoms with E-state index in [0.29, 0.717) is 16.7 Å². The highest BCUT2D eigenvalue weighted by Gasteiger charge is 2.47. The lowest BCUT2D eigenvalue weighted by atomic mass is 9.67. The van der Waals surface area contributed by atoms with E-state index in [1.807, 2.05) is 66.7 Å². The maximum atomic E-state index is 10.1.